The number of nitrogens with one attached hydrogen (secondary N) is 1. The van der Waals surface area contributed by atoms with Crippen LogP contribution in [0.25, 0.3) is 0 Å². The lowest BCUT2D eigenvalue weighted by Crippen LogP contribution is -2.53. The molecule has 1 aliphatic rings. The molecule has 1 aliphatic heterocycles. The van der Waals surface area contributed by atoms with Crippen molar-refractivity contribution in [3.8, 4) is 0 Å². The van der Waals surface area contributed by atoms with Crippen LogP contribution in [0.15, 0.2) is 24.3 Å². The molecule has 0 aliphatic carbocycles. The van der Waals surface area contributed by atoms with Crippen LogP contribution >= 0.6 is 0 Å². The van der Waals surface area contributed by atoms with E-state index < -0.39 is 0 Å². The molecule has 0 amide bonds. The fourth-order valence-corrected chi connectivity index (χ4v) is 2.62. The van der Waals surface area contributed by atoms with Crippen molar-refractivity contribution in [1.29, 1.82) is 5.41 Å². The minimum Gasteiger partial charge on any atom is -0.384 e. The van der Waals surface area contributed by atoms with Crippen molar-refractivity contribution in [2.45, 2.75) is 32.9 Å². The fraction of sp³-hybridized carbons (Fsp3) is 0.562. The minimum atomic E-state index is 0.135. The highest BCUT2D eigenvalue weighted by molar-refractivity contribution is 5.94. The number of hydrogen-bond donors (Lipinski definition) is 2. The van der Waals surface area contributed by atoms with Gasteiger partial charge in [0.25, 0.3) is 0 Å². The standard InChI is InChI=1S/C16H26N4/c1-16(2,3)20-10-8-19(9-11-20)12-13-4-6-14(7-5-13)15(17)18/h4-7H,8-12H2,1-3H3,(H3,17,18). The smallest absolute Gasteiger partial charge is 0.122 e. The van der Waals surface area contributed by atoms with Gasteiger partial charge in [0.1, 0.15) is 5.84 Å². The third-order valence-corrected chi connectivity index (χ3v) is 3.99. The molecule has 110 valence electrons. The van der Waals surface area contributed by atoms with Gasteiger partial charge in [0.05, 0.1) is 0 Å². The van der Waals surface area contributed by atoms with Gasteiger partial charge in [0, 0.05) is 43.8 Å². The first-order valence-corrected chi connectivity index (χ1v) is 7.27. The zero-order valence-electron chi connectivity index (χ0n) is 12.8. The van der Waals surface area contributed by atoms with Crippen LogP contribution in [0, 0.1) is 5.41 Å². The van der Waals surface area contributed by atoms with Crippen LogP contribution < -0.4 is 5.73 Å². The van der Waals surface area contributed by atoms with Crippen molar-refractivity contribution in [2.24, 2.45) is 5.73 Å². The average Bonchev–Trinajstić information content (AvgIpc) is 2.39. The van der Waals surface area contributed by atoms with Gasteiger partial charge in [0.2, 0.25) is 0 Å². The van der Waals surface area contributed by atoms with Gasteiger partial charge >= 0.3 is 0 Å². The van der Waals surface area contributed by atoms with Crippen LogP contribution in [0.1, 0.15) is 31.9 Å². The molecule has 1 aromatic carbocycles. The predicted molar refractivity (Wildman–Crippen MR) is 84.1 cm³/mol. The summed E-state index contributed by atoms with van der Waals surface area (Å²) in [4.78, 5) is 5.04. The summed E-state index contributed by atoms with van der Waals surface area (Å²) in [7, 11) is 0. The third kappa shape index (κ3) is 3.81. The van der Waals surface area contributed by atoms with Crippen LogP contribution in [-0.4, -0.2) is 47.4 Å². The normalized spacial score (nSPS) is 18.1. The minimum absolute atomic E-state index is 0.135. The van der Waals surface area contributed by atoms with E-state index in [9.17, 15) is 0 Å². The number of benzene rings is 1. The Morgan fingerprint density at radius 2 is 1.65 bits per heavy atom. The van der Waals surface area contributed by atoms with Crippen LogP contribution in [0.3, 0.4) is 0 Å². The Bertz CT molecular complexity index is 450. The molecule has 0 radical (unpaired) electrons. The first-order chi connectivity index (χ1) is 9.36. The Labute approximate surface area is 122 Å². The van der Waals surface area contributed by atoms with E-state index in [1.165, 1.54) is 5.56 Å². The number of nitrogens with zero attached hydrogens (tertiary/aromatic N) is 2. The molecule has 2 rings (SSSR count). The molecule has 0 atom stereocenters. The number of rotatable bonds is 3. The SMILES string of the molecule is CC(C)(C)N1CCN(Cc2ccc(C(=N)N)cc2)CC1. The Morgan fingerprint density at radius 3 is 2.10 bits per heavy atom. The number of piperazine rings is 1. The Kier molecular flexibility index (Phi) is 4.45. The molecule has 0 saturated carbocycles. The van der Waals surface area contributed by atoms with Crippen LogP contribution in [-0.2, 0) is 6.54 Å². The maximum atomic E-state index is 7.40. The van der Waals surface area contributed by atoms with E-state index in [2.05, 4.69) is 42.7 Å². The molecule has 1 aromatic rings. The highest BCUT2D eigenvalue weighted by Gasteiger charge is 2.25. The molecule has 0 aromatic heterocycles. The molecular formula is C16H26N4. The van der Waals surface area contributed by atoms with E-state index in [0.717, 1.165) is 38.3 Å². The lowest BCUT2D eigenvalue weighted by molar-refractivity contribution is 0.0591. The lowest BCUT2D eigenvalue weighted by Gasteiger charge is -2.42. The molecule has 0 bridgehead atoms. The van der Waals surface area contributed by atoms with Gasteiger partial charge in [-0.05, 0) is 26.3 Å². The summed E-state index contributed by atoms with van der Waals surface area (Å²) < 4.78 is 0. The number of nitrogen functional groups attached to an aromatic ring is 1. The monoisotopic (exact) mass is 274 g/mol. The van der Waals surface area contributed by atoms with Gasteiger partial charge in [0.15, 0.2) is 0 Å². The van der Waals surface area contributed by atoms with Gasteiger partial charge in [-0.25, -0.2) is 0 Å². The molecule has 0 spiro atoms. The van der Waals surface area contributed by atoms with Crippen molar-refractivity contribution in [1.82, 2.24) is 9.80 Å². The maximum absolute atomic E-state index is 7.40. The van der Waals surface area contributed by atoms with Crippen molar-refractivity contribution < 1.29 is 0 Å². The van der Waals surface area contributed by atoms with E-state index in [0.29, 0.717) is 0 Å². The van der Waals surface area contributed by atoms with Gasteiger partial charge in [-0.2, -0.15) is 0 Å². The number of nitrogens with two attached hydrogens (primary N) is 1. The molecule has 0 unspecified atom stereocenters. The molecule has 3 N–H and O–H groups in total. The average molecular weight is 274 g/mol. The summed E-state index contributed by atoms with van der Waals surface area (Å²) in [5.74, 6) is 0.135. The van der Waals surface area contributed by atoms with E-state index in [-0.39, 0.29) is 11.4 Å². The maximum Gasteiger partial charge on any atom is 0.122 e. The van der Waals surface area contributed by atoms with Crippen LogP contribution in [0.2, 0.25) is 0 Å². The summed E-state index contributed by atoms with van der Waals surface area (Å²) in [6, 6.07) is 8.02. The quantitative estimate of drug-likeness (QED) is 0.654. The predicted octanol–water partition coefficient (Wildman–Crippen LogP) is 1.89. The van der Waals surface area contributed by atoms with Gasteiger partial charge in [-0.15, -0.1) is 0 Å². The molecule has 20 heavy (non-hydrogen) atoms. The Hall–Kier alpha value is -1.39. The number of hydrogen-bond acceptors (Lipinski definition) is 3. The van der Waals surface area contributed by atoms with Crippen molar-refractivity contribution in [3.05, 3.63) is 35.4 Å². The van der Waals surface area contributed by atoms with E-state index in [1.54, 1.807) is 0 Å². The highest BCUT2D eigenvalue weighted by Crippen LogP contribution is 2.17. The zero-order chi connectivity index (χ0) is 14.8. The Morgan fingerprint density at radius 1 is 1.10 bits per heavy atom. The van der Waals surface area contributed by atoms with Gasteiger partial charge < -0.3 is 5.73 Å². The summed E-state index contributed by atoms with van der Waals surface area (Å²) in [6.45, 7) is 12.3. The zero-order valence-corrected chi connectivity index (χ0v) is 12.8. The van der Waals surface area contributed by atoms with Crippen molar-refractivity contribution >= 4 is 5.84 Å². The second-order valence-corrected chi connectivity index (χ2v) is 6.54. The molecule has 4 heteroatoms. The fourth-order valence-electron chi connectivity index (χ4n) is 2.62. The third-order valence-electron chi connectivity index (χ3n) is 3.99. The van der Waals surface area contributed by atoms with E-state index in [1.807, 2.05) is 12.1 Å². The molecule has 4 nitrogen and oxygen atoms in total. The van der Waals surface area contributed by atoms with Crippen molar-refractivity contribution in [2.75, 3.05) is 26.2 Å². The summed E-state index contributed by atoms with van der Waals surface area (Å²) in [6.07, 6.45) is 0. The molecular weight excluding hydrogens is 248 g/mol. The Balaban J connectivity index is 1.88. The molecule has 1 heterocycles. The van der Waals surface area contributed by atoms with E-state index >= 15 is 0 Å². The van der Waals surface area contributed by atoms with E-state index in [4.69, 9.17) is 11.1 Å². The van der Waals surface area contributed by atoms with Crippen LogP contribution in [0.5, 0.6) is 0 Å². The van der Waals surface area contributed by atoms with Gasteiger partial charge in [-0.3, -0.25) is 15.2 Å². The summed E-state index contributed by atoms with van der Waals surface area (Å²) in [5, 5.41) is 7.40. The molecule has 1 saturated heterocycles. The largest absolute Gasteiger partial charge is 0.384 e. The number of amidine groups is 1. The highest BCUT2D eigenvalue weighted by atomic mass is 15.3. The second-order valence-electron chi connectivity index (χ2n) is 6.54. The lowest BCUT2D eigenvalue weighted by atomic mass is 10.0. The van der Waals surface area contributed by atoms with Gasteiger partial charge in [-0.1, -0.05) is 24.3 Å². The summed E-state index contributed by atoms with van der Waals surface area (Å²) >= 11 is 0. The topological polar surface area (TPSA) is 56.4 Å². The first-order valence-electron chi connectivity index (χ1n) is 7.27. The second kappa shape index (κ2) is 5.94. The first kappa shape index (κ1) is 15.0. The van der Waals surface area contributed by atoms with Crippen LogP contribution in [0.4, 0.5) is 0 Å². The summed E-state index contributed by atoms with van der Waals surface area (Å²) in [5.41, 5.74) is 7.83. The molecule has 1 fully saturated rings. The van der Waals surface area contributed by atoms with Crippen molar-refractivity contribution in [3.63, 3.8) is 0 Å².